The van der Waals surface area contributed by atoms with Crippen LogP contribution < -0.4 is 5.14 Å². The summed E-state index contributed by atoms with van der Waals surface area (Å²) in [7, 11) is -2.50. The highest BCUT2D eigenvalue weighted by Crippen LogP contribution is 2.38. The van der Waals surface area contributed by atoms with Crippen LogP contribution in [-0.2, 0) is 24.3 Å². The Bertz CT molecular complexity index is 682. The minimum absolute atomic E-state index is 0.0155. The summed E-state index contributed by atoms with van der Waals surface area (Å²) in [6.07, 6.45) is 0.0854. The van der Waals surface area contributed by atoms with E-state index in [1.807, 2.05) is 6.92 Å². The molecule has 1 aromatic rings. The average Bonchev–Trinajstić information content (AvgIpc) is 2.82. The Morgan fingerprint density at radius 2 is 1.95 bits per heavy atom. The molecule has 22 heavy (non-hydrogen) atoms. The maximum atomic E-state index is 12.0. The molecule has 2 N–H and O–H groups in total. The molecule has 2 atom stereocenters. The summed E-state index contributed by atoms with van der Waals surface area (Å²) in [6, 6.07) is 5.42. The van der Waals surface area contributed by atoms with Crippen molar-refractivity contribution in [2.75, 3.05) is 13.7 Å². The maximum Gasteiger partial charge on any atom is 0.311 e. The van der Waals surface area contributed by atoms with Crippen LogP contribution in [0.25, 0.3) is 0 Å². The van der Waals surface area contributed by atoms with Gasteiger partial charge in [-0.2, -0.15) is 0 Å². The van der Waals surface area contributed by atoms with E-state index >= 15 is 0 Å². The Kier molecular flexibility index (Phi) is 4.52. The number of nitrogens with two attached hydrogens (primary N) is 1. The zero-order chi connectivity index (χ0) is 16.5. The number of hydrogen-bond acceptors (Lipinski definition) is 5. The molecule has 0 aliphatic carbocycles. The van der Waals surface area contributed by atoms with Gasteiger partial charge >= 0.3 is 5.97 Å². The number of carbonyl (C=O) groups excluding carboxylic acids is 2. The number of hydrogen-bond donors (Lipinski definition) is 1. The molecule has 0 radical (unpaired) electrons. The number of amides is 1. The van der Waals surface area contributed by atoms with Gasteiger partial charge < -0.3 is 9.64 Å². The molecule has 0 unspecified atom stereocenters. The molecule has 1 amide bonds. The summed E-state index contributed by atoms with van der Waals surface area (Å²) in [5, 5.41) is 5.07. The zero-order valence-corrected chi connectivity index (χ0v) is 13.2. The number of primary sulfonamides is 1. The quantitative estimate of drug-likeness (QED) is 0.807. The molecule has 8 heteroatoms. The maximum absolute atomic E-state index is 12.0. The predicted octanol–water partition coefficient (Wildman–Crippen LogP) is 0.417. The lowest BCUT2D eigenvalue weighted by atomic mass is 9.94. The minimum Gasteiger partial charge on any atom is -0.469 e. The smallest absolute Gasteiger partial charge is 0.311 e. The van der Waals surface area contributed by atoms with Gasteiger partial charge in [-0.25, -0.2) is 13.6 Å². The first-order chi connectivity index (χ1) is 10.3. The van der Waals surface area contributed by atoms with Gasteiger partial charge in [0.15, 0.2) is 0 Å². The fraction of sp³-hybridized carbons (Fsp3) is 0.429. The highest BCUT2D eigenvalue weighted by Gasteiger charge is 2.44. The average molecular weight is 326 g/mol. The predicted molar refractivity (Wildman–Crippen MR) is 78.1 cm³/mol. The molecular weight excluding hydrogens is 308 g/mol. The molecule has 0 bridgehead atoms. The van der Waals surface area contributed by atoms with Crippen molar-refractivity contribution in [2.24, 2.45) is 11.1 Å². The molecule has 120 valence electrons. The van der Waals surface area contributed by atoms with Crippen molar-refractivity contribution in [1.29, 1.82) is 0 Å². The van der Waals surface area contributed by atoms with Crippen LogP contribution in [0, 0.1) is 5.92 Å². The van der Waals surface area contributed by atoms with Gasteiger partial charge in [-0.3, -0.25) is 9.59 Å². The molecule has 0 saturated carbocycles. The van der Waals surface area contributed by atoms with Crippen LogP contribution in [0.3, 0.4) is 0 Å². The number of ether oxygens (including phenoxy) is 1. The number of sulfonamides is 1. The molecule has 0 aromatic heterocycles. The monoisotopic (exact) mass is 326 g/mol. The number of methoxy groups -OCH3 is 1. The lowest BCUT2D eigenvalue weighted by Crippen LogP contribution is -2.30. The zero-order valence-electron chi connectivity index (χ0n) is 12.4. The molecule has 0 spiro atoms. The van der Waals surface area contributed by atoms with Crippen LogP contribution in [-0.4, -0.2) is 38.8 Å². The van der Waals surface area contributed by atoms with Crippen LogP contribution >= 0.6 is 0 Å². The van der Waals surface area contributed by atoms with E-state index < -0.39 is 28.0 Å². The summed E-state index contributed by atoms with van der Waals surface area (Å²) in [4.78, 5) is 25.5. The molecule has 1 saturated heterocycles. The number of likely N-dealkylation sites (tertiary alicyclic amines) is 1. The largest absolute Gasteiger partial charge is 0.469 e. The summed E-state index contributed by atoms with van der Waals surface area (Å²) < 4.78 is 27.4. The second kappa shape index (κ2) is 6.05. The van der Waals surface area contributed by atoms with Crippen LogP contribution in [0.15, 0.2) is 29.2 Å². The molecule has 1 aromatic carbocycles. The first kappa shape index (κ1) is 16.4. The minimum atomic E-state index is -3.78. The highest BCUT2D eigenvalue weighted by molar-refractivity contribution is 7.89. The molecule has 1 heterocycles. The number of esters is 1. The molecule has 2 rings (SSSR count). The van der Waals surface area contributed by atoms with Crippen molar-refractivity contribution in [3.05, 3.63) is 29.8 Å². The van der Waals surface area contributed by atoms with Crippen LogP contribution in [0.5, 0.6) is 0 Å². The highest BCUT2D eigenvalue weighted by atomic mass is 32.2. The van der Waals surface area contributed by atoms with E-state index in [2.05, 4.69) is 0 Å². The van der Waals surface area contributed by atoms with Crippen molar-refractivity contribution in [1.82, 2.24) is 4.90 Å². The van der Waals surface area contributed by atoms with Crippen molar-refractivity contribution in [3.8, 4) is 0 Å². The summed E-state index contributed by atoms with van der Waals surface area (Å²) in [5.41, 5.74) is 0.676. The van der Waals surface area contributed by atoms with Gasteiger partial charge in [-0.05, 0) is 24.6 Å². The van der Waals surface area contributed by atoms with Gasteiger partial charge in [-0.15, -0.1) is 0 Å². The van der Waals surface area contributed by atoms with Crippen molar-refractivity contribution in [2.45, 2.75) is 24.3 Å². The summed E-state index contributed by atoms with van der Waals surface area (Å²) in [6.45, 7) is 2.28. The third-order valence-corrected chi connectivity index (χ3v) is 4.76. The van der Waals surface area contributed by atoms with Crippen molar-refractivity contribution >= 4 is 21.9 Å². The Labute approximate surface area is 129 Å². The summed E-state index contributed by atoms with van der Waals surface area (Å²) in [5.74, 6) is -1.18. The van der Waals surface area contributed by atoms with E-state index in [-0.39, 0.29) is 17.2 Å². The second-order valence-electron chi connectivity index (χ2n) is 5.07. The lowest BCUT2D eigenvalue weighted by Gasteiger charge is -2.26. The van der Waals surface area contributed by atoms with Crippen LogP contribution in [0.4, 0.5) is 0 Å². The van der Waals surface area contributed by atoms with Crippen LogP contribution in [0.2, 0.25) is 0 Å². The lowest BCUT2D eigenvalue weighted by molar-refractivity contribution is -0.146. The Balaban J connectivity index is 2.41. The fourth-order valence-electron chi connectivity index (χ4n) is 2.79. The Morgan fingerprint density at radius 3 is 2.41 bits per heavy atom. The number of carbonyl (C=O) groups is 2. The van der Waals surface area contributed by atoms with Gasteiger partial charge in [0.1, 0.15) is 0 Å². The molecule has 7 nitrogen and oxygen atoms in total. The topological polar surface area (TPSA) is 107 Å². The Hall–Kier alpha value is -1.93. The standard InChI is InChI=1S/C14H18N2O5S/c1-3-16-12(17)8-11(14(18)21-2)13(16)9-4-6-10(7-5-9)22(15,19)20/h4-7,11,13H,3,8H2,1-2H3,(H2,15,19,20)/t11-,13+/m1/s1. The third-order valence-electron chi connectivity index (χ3n) is 3.83. The SMILES string of the molecule is CCN1C(=O)C[C@@H](C(=O)OC)[C@@H]1c1ccc(S(N)(=O)=O)cc1. The Morgan fingerprint density at radius 1 is 1.36 bits per heavy atom. The van der Waals surface area contributed by atoms with Gasteiger partial charge in [0.05, 0.1) is 24.0 Å². The molecular formula is C14H18N2O5S. The van der Waals surface area contributed by atoms with Gasteiger partial charge in [0.25, 0.3) is 0 Å². The van der Waals surface area contributed by atoms with E-state index in [1.165, 1.54) is 19.2 Å². The number of benzene rings is 1. The second-order valence-corrected chi connectivity index (χ2v) is 6.63. The van der Waals surface area contributed by atoms with Crippen molar-refractivity contribution in [3.63, 3.8) is 0 Å². The van der Waals surface area contributed by atoms with Crippen LogP contribution in [0.1, 0.15) is 24.9 Å². The molecule has 1 aliphatic rings. The molecule has 1 aliphatic heterocycles. The first-order valence-electron chi connectivity index (χ1n) is 6.79. The van der Waals surface area contributed by atoms with E-state index in [0.29, 0.717) is 12.1 Å². The first-order valence-corrected chi connectivity index (χ1v) is 8.34. The van der Waals surface area contributed by atoms with E-state index in [1.54, 1.807) is 17.0 Å². The van der Waals surface area contributed by atoms with E-state index in [9.17, 15) is 18.0 Å². The number of nitrogens with zero attached hydrogens (tertiary/aromatic N) is 1. The van der Waals surface area contributed by atoms with Gasteiger partial charge in [0.2, 0.25) is 15.9 Å². The third kappa shape index (κ3) is 2.97. The number of rotatable bonds is 4. The normalized spacial score (nSPS) is 22.0. The van der Waals surface area contributed by atoms with E-state index in [4.69, 9.17) is 9.88 Å². The van der Waals surface area contributed by atoms with Gasteiger partial charge in [-0.1, -0.05) is 12.1 Å². The van der Waals surface area contributed by atoms with Gasteiger partial charge in [0, 0.05) is 13.0 Å². The summed E-state index contributed by atoms with van der Waals surface area (Å²) >= 11 is 0. The van der Waals surface area contributed by atoms with Crippen molar-refractivity contribution < 1.29 is 22.7 Å². The molecule has 1 fully saturated rings. The van der Waals surface area contributed by atoms with E-state index in [0.717, 1.165) is 0 Å². The fourth-order valence-corrected chi connectivity index (χ4v) is 3.31.